The molecule has 0 aromatic heterocycles. The Bertz CT molecular complexity index is 651. The number of rotatable bonds is 4. The number of benzene rings is 2. The third-order valence-electron chi connectivity index (χ3n) is 3.02. The highest BCUT2D eigenvalue weighted by molar-refractivity contribution is 6.00. The van der Waals surface area contributed by atoms with Gasteiger partial charge in [-0.15, -0.1) is 0 Å². The van der Waals surface area contributed by atoms with Crippen molar-refractivity contribution >= 4 is 5.78 Å². The van der Waals surface area contributed by atoms with Gasteiger partial charge in [-0.05, 0) is 36.2 Å². The number of ether oxygens (including phenoxy) is 1. The first-order valence-electron chi connectivity index (χ1n) is 6.13. The van der Waals surface area contributed by atoms with Crippen LogP contribution in [0.2, 0.25) is 0 Å². The van der Waals surface area contributed by atoms with Crippen LogP contribution in [0.5, 0.6) is 5.75 Å². The molecule has 0 radical (unpaired) electrons. The number of methoxy groups -OCH3 is 1. The van der Waals surface area contributed by atoms with Gasteiger partial charge in [-0.1, -0.05) is 12.1 Å². The molecule has 20 heavy (non-hydrogen) atoms. The van der Waals surface area contributed by atoms with E-state index in [1.165, 1.54) is 13.2 Å². The number of hydrogen-bond donors (Lipinski definition) is 0. The van der Waals surface area contributed by atoms with E-state index in [-0.39, 0.29) is 17.8 Å². The van der Waals surface area contributed by atoms with Crippen LogP contribution in [0.4, 0.5) is 8.78 Å². The molecular formula is C16H14F2O2. The van der Waals surface area contributed by atoms with E-state index in [9.17, 15) is 13.6 Å². The van der Waals surface area contributed by atoms with Crippen LogP contribution in [0, 0.1) is 18.6 Å². The van der Waals surface area contributed by atoms with E-state index < -0.39 is 11.6 Å². The summed E-state index contributed by atoms with van der Waals surface area (Å²) in [6, 6.07) is 8.37. The summed E-state index contributed by atoms with van der Waals surface area (Å²) in [5.41, 5.74) is 1.52. The predicted octanol–water partition coefficient (Wildman–Crippen LogP) is 3.71. The zero-order chi connectivity index (χ0) is 14.7. The monoisotopic (exact) mass is 276 g/mol. The minimum atomic E-state index is -0.718. The van der Waals surface area contributed by atoms with Crippen LogP contribution in [0.1, 0.15) is 21.5 Å². The molecule has 0 unspecified atom stereocenters. The van der Waals surface area contributed by atoms with Crippen molar-refractivity contribution < 1.29 is 18.3 Å². The Morgan fingerprint density at radius 3 is 2.55 bits per heavy atom. The van der Waals surface area contributed by atoms with Gasteiger partial charge in [-0.3, -0.25) is 4.79 Å². The van der Waals surface area contributed by atoms with Crippen LogP contribution < -0.4 is 4.74 Å². The molecule has 0 bridgehead atoms. The summed E-state index contributed by atoms with van der Waals surface area (Å²) < 4.78 is 31.5. The normalized spacial score (nSPS) is 10.4. The molecule has 0 fully saturated rings. The smallest absolute Gasteiger partial charge is 0.171 e. The predicted molar refractivity (Wildman–Crippen MR) is 72.1 cm³/mol. The van der Waals surface area contributed by atoms with Gasteiger partial charge in [-0.2, -0.15) is 0 Å². The quantitative estimate of drug-likeness (QED) is 0.796. The fourth-order valence-corrected chi connectivity index (χ4v) is 1.96. The van der Waals surface area contributed by atoms with Crippen molar-refractivity contribution in [3.05, 3.63) is 64.7 Å². The molecule has 0 aliphatic heterocycles. The Balaban J connectivity index is 2.28. The Hall–Kier alpha value is -2.23. The van der Waals surface area contributed by atoms with Gasteiger partial charge in [0.05, 0.1) is 12.7 Å². The molecule has 0 saturated heterocycles. The first-order valence-corrected chi connectivity index (χ1v) is 6.13. The lowest BCUT2D eigenvalue weighted by Gasteiger charge is -2.09. The van der Waals surface area contributed by atoms with E-state index >= 15 is 0 Å². The molecule has 0 spiro atoms. The van der Waals surface area contributed by atoms with Crippen molar-refractivity contribution in [2.75, 3.05) is 7.11 Å². The van der Waals surface area contributed by atoms with Gasteiger partial charge in [0.1, 0.15) is 17.4 Å². The SMILES string of the molecule is COc1cc(C)ccc1C(=O)Cc1ccc(F)cc1F. The number of Topliss-reactive ketones (excluding diaryl/α,β-unsaturated/α-hetero) is 1. The number of hydrogen-bond acceptors (Lipinski definition) is 2. The van der Waals surface area contributed by atoms with Crippen LogP contribution in [0.3, 0.4) is 0 Å². The Morgan fingerprint density at radius 2 is 1.90 bits per heavy atom. The standard InChI is InChI=1S/C16H14F2O2/c1-10-3-6-13(16(7-10)20-2)15(19)8-11-4-5-12(17)9-14(11)18/h3-7,9H,8H2,1-2H3. The molecule has 0 amide bonds. The minimum absolute atomic E-state index is 0.133. The van der Waals surface area contributed by atoms with E-state index in [0.717, 1.165) is 17.7 Å². The van der Waals surface area contributed by atoms with Gasteiger partial charge < -0.3 is 4.74 Å². The van der Waals surface area contributed by atoms with Crippen molar-refractivity contribution in [2.45, 2.75) is 13.3 Å². The van der Waals surface area contributed by atoms with Gasteiger partial charge >= 0.3 is 0 Å². The summed E-state index contributed by atoms with van der Waals surface area (Å²) in [6.07, 6.45) is -0.133. The summed E-state index contributed by atoms with van der Waals surface area (Å²) in [7, 11) is 1.48. The van der Waals surface area contributed by atoms with E-state index in [1.807, 2.05) is 6.92 Å². The maximum absolute atomic E-state index is 13.5. The summed E-state index contributed by atoms with van der Waals surface area (Å²) >= 11 is 0. The first kappa shape index (κ1) is 14.2. The number of carbonyl (C=O) groups excluding carboxylic acids is 1. The average Bonchev–Trinajstić information content (AvgIpc) is 2.41. The largest absolute Gasteiger partial charge is 0.496 e. The third-order valence-corrected chi connectivity index (χ3v) is 3.02. The van der Waals surface area contributed by atoms with E-state index in [0.29, 0.717) is 11.3 Å². The number of halogens is 2. The summed E-state index contributed by atoms with van der Waals surface area (Å²) in [5, 5.41) is 0. The van der Waals surface area contributed by atoms with Crippen LogP contribution in [-0.4, -0.2) is 12.9 Å². The molecule has 0 heterocycles. The van der Waals surface area contributed by atoms with Crippen LogP contribution in [0.25, 0.3) is 0 Å². The van der Waals surface area contributed by atoms with Gasteiger partial charge in [0.2, 0.25) is 0 Å². The lowest BCUT2D eigenvalue weighted by atomic mass is 10.0. The molecular weight excluding hydrogens is 262 g/mol. The van der Waals surface area contributed by atoms with Crippen molar-refractivity contribution in [3.63, 3.8) is 0 Å². The zero-order valence-electron chi connectivity index (χ0n) is 11.2. The van der Waals surface area contributed by atoms with E-state index in [1.54, 1.807) is 18.2 Å². The molecule has 104 valence electrons. The highest BCUT2D eigenvalue weighted by Crippen LogP contribution is 2.22. The van der Waals surface area contributed by atoms with Crippen LogP contribution in [0.15, 0.2) is 36.4 Å². The second-order valence-electron chi connectivity index (χ2n) is 4.54. The molecule has 2 rings (SSSR count). The molecule has 2 aromatic rings. The van der Waals surface area contributed by atoms with Gasteiger partial charge in [0, 0.05) is 12.5 Å². The molecule has 4 heteroatoms. The fraction of sp³-hybridized carbons (Fsp3) is 0.188. The fourth-order valence-electron chi connectivity index (χ4n) is 1.96. The summed E-state index contributed by atoms with van der Waals surface area (Å²) in [4.78, 5) is 12.2. The van der Waals surface area contributed by atoms with Gasteiger partial charge in [-0.25, -0.2) is 8.78 Å². The number of aryl methyl sites for hydroxylation is 1. The highest BCUT2D eigenvalue weighted by Gasteiger charge is 2.15. The Morgan fingerprint density at radius 1 is 1.15 bits per heavy atom. The molecule has 0 aliphatic carbocycles. The third kappa shape index (κ3) is 3.02. The second kappa shape index (κ2) is 5.82. The zero-order valence-corrected chi connectivity index (χ0v) is 11.2. The molecule has 0 saturated carbocycles. The topological polar surface area (TPSA) is 26.3 Å². The average molecular weight is 276 g/mol. The van der Waals surface area contributed by atoms with Crippen molar-refractivity contribution in [3.8, 4) is 5.75 Å². The highest BCUT2D eigenvalue weighted by atomic mass is 19.1. The van der Waals surface area contributed by atoms with Crippen LogP contribution >= 0.6 is 0 Å². The van der Waals surface area contributed by atoms with Crippen molar-refractivity contribution in [1.82, 2.24) is 0 Å². The van der Waals surface area contributed by atoms with Crippen molar-refractivity contribution in [2.24, 2.45) is 0 Å². The summed E-state index contributed by atoms with van der Waals surface area (Å²) in [5.74, 6) is -1.19. The van der Waals surface area contributed by atoms with Crippen LogP contribution in [-0.2, 0) is 6.42 Å². The lowest BCUT2D eigenvalue weighted by Crippen LogP contribution is -2.07. The summed E-state index contributed by atoms with van der Waals surface area (Å²) in [6.45, 7) is 1.89. The van der Waals surface area contributed by atoms with E-state index in [4.69, 9.17) is 4.74 Å². The molecule has 0 aliphatic rings. The van der Waals surface area contributed by atoms with E-state index in [2.05, 4.69) is 0 Å². The molecule has 0 N–H and O–H groups in total. The van der Waals surface area contributed by atoms with Crippen molar-refractivity contribution in [1.29, 1.82) is 0 Å². The molecule has 0 atom stereocenters. The minimum Gasteiger partial charge on any atom is -0.496 e. The second-order valence-corrected chi connectivity index (χ2v) is 4.54. The first-order chi connectivity index (χ1) is 9.51. The lowest BCUT2D eigenvalue weighted by molar-refractivity contribution is 0.0989. The maximum atomic E-state index is 13.5. The Kier molecular flexibility index (Phi) is 4.13. The molecule has 2 aromatic carbocycles. The Labute approximate surface area is 116 Å². The van der Waals surface area contributed by atoms with Gasteiger partial charge in [0.15, 0.2) is 5.78 Å². The van der Waals surface area contributed by atoms with Gasteiger partial charge in [0.25, 0.3) is 0 Å². The number of ketones is 1. The maximum Gasteiger partial charge on any atom is 0.171 e. The molecule has 2 nitrogen and oxygen atoms in total. The number of carbonyl (C=O) groups is 1.